The fraction of sp³-hybridized carbons (Fsp3) is 0.765. The number of ketones is 2. The molecule has 0 amide bonds. The number of Topliss-reactive ketones (excluding diaryl/α,β-unsaturated/α-hetero) is 1. The lowest BCUT2D eigenvalue weighted by atomic mass is 9.35. The molecular formula is C34H49N5O5. The Morgan fingerprint density at radius 2 is 1.80 bits per heavy atom. The summed E-state index contributed by atoms with van der Waals surface area (Å²) in [5, 5.41) is 29.0. The van der Waals surface area contributed by atoms with Crippen molar-refractivity contribution < 1.29 is 19.4 Å². The number of rotatable bonds is 5. The topological polar surface area (TPSA) is 147 Å². The second-order valence-electron chi connectivity index (χ2n) is 16.0. The third-order valence-corrected chi connectivity index (χ3v) is 13.0. The van der Waals surface area contributed by atoms with Gasteiger partial charge in [0.05, 0.1) is 17.8 Å². The molecule has 0 radical (unpaired) electrons. The second kappa shape index (κ2) is 10.5. The molecule has 2 N–H and O–H groups in total. The number of guanidine groups is 1. The fourth-order valence-corrected chi connectivity index (χ4v) is 10.5. The highest BCUT2D eigenvalue weighted by Crippen LogP contribution is 2.73. The molecule has 0 saturated heterocycles. The number of nitriles is 1. The van der Waals surface area contributed by atoms with Crippen molar-refractivity contribution in [2.45, 2.75) is 99.0 Å². The van der Waals surface area contributed by atoms with Crippen LogP contribution in [0.15, 0.2) is 28.4 Å². The zero-order valence-electron chi connectivity index (χ0n) is 27.6. The van der Waals surface area contributed by atoms with E-state index in [9.17, 15) is 25.0 Å². The summed E-state index contributed by atoms with van der Waals surface area (Å²) in [5.41, 5.74) is -0.913. The summed E-state index contributed by atoms with van der Waals surface area (Å²) in [7, 11) is 1.57. The molecule has 7 atom stereocenters. The first kappa shape index (κ1) is 32.3. The van der Waals surface area contributed by atoms with Crippen molar-refractivity contribution in [3.63, 3.8) is 0 Å². The van der Waals surface area contributed by atoms with Gasteiger partial charge in [0.1, 0.15) is 11.2 Å². The molecule has 3 fully saturated rings. The minimum Gasteiger partial charge on any atom is -0.373 e. The smallest absolute Gasteiger partial charge is 0.268 e. The van der Waals surface area contributed by atoms with Gasteiger partial charge in [-0.2, -0.15) is 5.26 Å². The molecule has 0 aliphatic heterocycles. The summed E-state index contributed by atoms with van der Waals surface area (Å²) in [6.45, 7) is 16.0. The lowest BCUT2D eigenvalue weighted by Crippen LogP contribution is -2.66. The van der Waals surface area contributed by atoms with Gasteiger partial charge in [-0.25, -0.2) is 10.1 Å². The third kappa shape index (κ3) is 4.64. The first-order chi connectivity index (χ1) is 20.4. The summed E-state index contributed by atoms with van der Waals surface area (Å²) < 4.78 is 6.78. The number of nitro groups is 1. The number of hydrazone groups is 1. The lowest BCUT2D eigenvalue weighted by molar-refractivity contribution is -0.485. The molecule has 0 unspecified atom stereocenters. The maximum atomic E-state index is 14.6. The van der Waals surface area contributed by atoms with Gasteiger partial charge >= 0.3 is 0 Å². The van der Waals surface area contributed by atoms with Crippen molar-refractivity contribution in [3.05, 3.63) is 33.4 Å². The molecule has 44 heavy (non-hydrogen) atoms. The van der Waals surface area contributed by atoms with Gasteiger partial charge < -0.3 is 15.4 Å². The Balaban J connectivity index is 1.52. The summed E-state index contributed by atoms with van der Waals surface area (Å²) in [6, 6.07) is 2.18. The van der Waals surface area contributed by atoms with E-state index >= 15 is 0 Å². The molecule has 5 aliphatic rings. The van der Waals surface area contributed by atoms with E-state index in [4.69, 9.17) is 4.74 Å². The maximum absolute atomic E-state index is 14.6. The van der Waals surface area contributed by atoms with Crippen LogP contribution in [-0.2, 0) is 14.3 Å². The SMILES string of the molecule is CN/C(=N\[N+](=O)[O-])NCCO[C@]12CCC(C)(C)C[C@@H]1[C@H]1C(=O)C=C3[C@@]4(C)C=C(C#N)C(=O)C(C)(C)[C@@H]4CC[C@@]3(C)[C@]1(C)CC2. The van der Waals surface area contributed by atoms with Gasteiger partial charge in [-0.15, -0.1) is 0 Å². The molecule has 10 heteroatoms. The van der Waals surface area contributed by atoms with E-state index < -0.39 is 21.5 Å². The Bertz CT molecular complexity index is 1410. The van der Waals surface area contributed by atoms with Crippen LogP contribution in [0.1, 0.15) is 93.4 Å². The number of allylic oxidation sites excluding steroid dienone is 4. The average molecular weight is 608 g/mol. The van der Waals surface area contributed by atoms with E-state index in [2.05, 4.69) is 56.4 Å². The highest BCUT2D eigenvalue weighted by Gasteiger charge is 2.70. The van der Waals surface area contributed by atoms with Gasteiger partial charge in [0.2, 0.25) is 0 Å². The van der Waals surface area contributed by atoms with Gasteiger partial charge in [-0.1, -0.05) is 60.1 Å². The van der Waals surface area contributed by atoms with Crippen molar-refractivity contribution in [2.75, 3.05) is 20.2 Å². The number of carbonyl (C=O) groups is 2. The highest BCUT2D eigenvalue weighted by atomic mass is 16.7. The van der Waals surface area contributed by atoms with E-state index in [0.717, 1.165) is 50.5 Å². The van der Waals surface area contributed by atoms with Crippen LogP contribution < -0.4 is 10.6 Å². The summed E-state index contributed by atoms with van der Waals surface area (Å²) in [5.74, 6) is -0.0366. The maximum Gasteiger partial charge on any atom is 0.268 e. The van der Waals surface area contributed by atoms with Gasteiger partial charge in [0.15, 0.2) is 16.6 Å². The van der Waals surface area contributed by atoms with Gasteiger partial charge in [0, 0.05) is 30.3 Å². The van der Waals surface area contributed by atoms with E-state index in [1.54, 1.807) is 7.05 Å². The minimum absolute atomic E-state index is 0.0142. The molecule has 0 aromatic carbocycles. The van der Waals surface area contributed by atoms with Crippen LogP contribution >= 0.6 is 0 Å². The van der Waals surface area contributed by atoms with Crippen molar-refractivity contribution in [1.82, 2.24) is 10.6 Å². The number of carbonyl (C=O) groups excluding carboxylic acids is 2. The van der Waals surface area contributed by atoms with Crippen LogP contribution in [0.2, 0.25) is 0 Å². The van der Waals surface area contributed by atoms with Crippen LogP contribution in [-0.4, -0.2) is 48.4 Å². The first-order valence-electron chi connectivity index (χ1n) is 16.1. The molecule has 5 rings (SSSR count). The van der Waals surface area contributed by atoms with Crippen molar-refractivity contribution in [2.24, 2.45) is 49.9 Å². The largest absolute Gasteiger partial charge is 0.373 e. The molecule has 5 aliphatic carbocycles. The summed E-state index contributed by atoms with van der Waals surface area (Å²) in [6.07, 6.45) is 9.98. The Morgan fingerprint density at radius 3 is 2.43 bits per heavy atom. The number of nitrogens with one attached hydrogen (secondary N) is 2. The van der Waals surface area contributed by atoms with E-state index in [-0.39, 0.29) is 57.1 Å². The highest BCUT2D eigenvalue weighted by molar-refractivity contribution is 6.04. The number of fused-ring (bicyclic) bond motifs is 7. The number of nitrogens with zero attached hydrogens (tertiary/aromatic N) is 3. The van der Waals surface area contributed by atoms with Crippen LogP contribution in [0.3, 0.4) is 0 Å². The van der Waals surface area contributed by atoms with E-state index in [0.29, 0.717) is 13.2 Å². The van der Waals surface area contributed by atoms with Gasteiger partial charge in [0.25, 0.3) is 5.96 Å². The van der Waals surface area contributed by atoms with Crippen LogP contribution in [0.25, 0.3) is 0 Å². The Hall–Kier alpha value is -3.06. The third-order valence-electron chi connectivity index (χ3n) is 13.0. The normalized spacial score (nSPS) is 40.6. The zero-order chi connectivity index (χ0) is 32.5. The monoisotopic (exact) mass is 607 g/mol. The zero-order valence-corrected chi connectivity index (χ0v) is 27.6. The quantitative estimate of drug-likeness (QED) is 0.140. The number of hydrogen-bond donors (Lipinski definition) is 2. The van der Waals surface area contributed by atoms with Crippen LogP contribution in [0.4, 0.5) is 0 Å². The molecule has 240 valence electrons. The molecule has 10 nitrogen and oxygen atoms in total. The number of hydrogen-bond acceptors (Lipinski definition) is 6. The van der Waals surface area contributed by atoms with Crippen molar-refractivity contribution in [1.29, 1.82) is 5.26 Å². The van der Waals surface area contributed by atoms with E-state index in [1.165, 1.54) is 0 Å². The minimum atomic E-state index is -0.742. The standard InChI is InChI=1S/C34H49N5O5/c1-29(2)11-13-34(44-16-15-37-28(36-8)38-39(42)43)14-12-33(7)26(22(34)19-29)23(40)17-25-31(5)18-21(20-35)27(41)30(3,4)24(31)9-10-32(25,33)6/h17-18,22,24,26H,9-16,19H2,1-8H3,(H2,36,37,38)/t22-,24+,26+,31+,32-,33-,34+/m1/s1. The van der Waals surface area contributed by atoms with Gasteiger partial charge in [-0.3, -0.25) is 9.59 Å². The molecule has 0 spiro atoms. The molecule has 0 aromatic rings. The average Bonchev–Trinajstić information content (AvgIpc) is 2.94. The van der Waals surface area contributed by atoms with Crippen LogP contribution in [0, 0.1) is 66.3 Å². The molecule has 0 bridgehead atoms. The number of ether oxygens (including phenoxy) is 1. The summed E-state index contributed by atoms with van der Waals surface area (Å²) >= 11 is 0. The Morgan fingerprint density at radius 1 is 1.11 bits per heavy atom. The van der Waals surface area contributed by atoms with Crippen LogP contribution in [0.5, 0.6) is 0 Å². The summed E-state index contributed by atoms with van der Waals surface area (Å²) in [4.78, 5) is 38.7. The predicted octanol–water partition coefficient (Wildman–Crippen LogP) is 5.33. The first-order valence-corrected chi connectivity index (χ1v) is 16.1. The molecular weight excluding hydrogens is 558 g/mol. The Labute approximate surface area is 261 Å². The van der Waals surface area contributed by atoms with Gasteiger partial charge in [-0.05, 0) is 79.1 Å². The Kier molecular flexibility index (Phi) is 7.72. The molecule has 3 saturated carbocycles. The fourth-order valence-electron chi connectivity index (χ4n) is 10.5. The predicted molar refractivity (Wildman–Crippen MR) is 167 cm³/mol. The lowest BCUT2D eigenvalue weighted by Gasteiger charge is -2.69. The van der Waals surface area contributed by atoms with E-state index in [1.807, 2.05) is 26.0 Å². The van der Waals surface area contributed by atoms with Crippen molar-refractivity contribution in [3.8, 4) is 6.07 Å². The van der Waals surface area contributed by atoms with Crippen molar-refractivity contribution >= 4 is 17.5 Å². The molecule has 0 heterocycles. The second-order valence-corrected chi connectivity index (χ2v) is 16.0. The molecule has 0 aromatic heterocycles.